The van der Waals surface area contributed by atoms with Crippen LogP contribution in [0.1, 0.15) is 5.82 Å². The van der Waals surface area contributed by atoms with Crippen molar-refractivity contribution in [1.82, 2.24) is 14.8 Å². The third kappa shape index (κ3) is 4.54. The first-order valence-corrected chi connectivity index (χ1v) is 10.3. The standard InChI is InChI=1S/C16H12F3N5O4S2/c1-23-14(16(17,18)19)20-21-15(23)29-13-8-7-11(9-12(13)24(25)26)30(27,28)22-10-5-3-2-4-6-10/h2-9,22H,1H3. The number of para-hydroxylation sites is 1. The average molecular weight is 459 g/mol. The number of aromatic nitrogens is 3. The van der Waals surface area contributed by atoms with Crippen molar-refractivity contribution in [3.8, 4) is 0 Å². The molecule has 3 aromatic rings. The number of nitro benzene ring substituents is 1. The highest BCUT2D eigenvalue weighted by Gasteiger charge is 2.38. The van der Waals surface area contributed by atoms with Gasteiger partial charge < -0.3 is 4.57 Å². The summed E-state index contributed by atoms with van der Waals surface area (Å²) in [5, 5.41) is 17.7. The fraction of sp³-hybridized carbons (Fsp3) is 0.125. The van der Waals surface area contributed by atoms with Crippen LogP contribution in [0.2, 0.25) is 0 Å². The number of benzene rings is 2. The smallest absolute Gasteiger partial charge is 0.301 e. The van der Waals surface area contributed by atoms with E-state index >= 15 is 0 Å². The van der Waals surface area contributed by atoms with E-state index in [0.29, 0.717) is 16.3 Å². The van der Waals surface area contributed by atoms with Gasteiger partial charge in [0.15, 0.2) is 5.16 Å². The van der Waals surface area contributed by atoms with Crippen molar-refractivity contribution in [2.24, 2.45) is 7.05 Å². The van der Waals surface area contributed by atoms with Crippen LogP contribution in [0.4, 0.5) is 24.5 Å². The lowest BCUT2D eigenvalue weighted by Crippen LogP contribution is -2.13. The molecule has 0 bridgehead atoms. The molecule has 0 radical (unpaired) electrons. The zero-order valence-corrected chi connectivity index (χ0v) is 16.6. The highest BCUT2D eigenvalue weighted by molar-refractivity contribution is 7.99. The Bertz CT molecular complexity index is 1200. The van der Waals surface area contributed by atoms with E-state index in [0.717, 1.165) is 25.2 Å². The summed E-state index contributed by atoms with van der Waals surface area (Å²) in [6.45, 7) is 0. The summed E-state index contributed by atoms with van der Waals surface area (Å²) >= 11 is 0.562. The van der Waals surface area contributed by atoms with Crippen LogP contribution in [0.5, 0.6) is 0 Å². The second-order valence-electron chi connectivity index (χ2n) is 5.82. The molecule has 0 aliphatic heterocycles. The summed E-state index contributed by atoms with van der Waals surface area (Å²) in [6.07, 6.45) is -4.74. The van der Waals surface area contributed by atoms with Crippen LogP contribution in [0, 0.1) is 10.1 Å². The van der Waals surface area contributed by atoms with E-state index in [1.165, 1.54) is 12.1 Å². The third-order valence-electron chi connectivity index (χ3n) is 3.75. The summed E-state index contributed by atoms with van der Waals surface area (Å²) < 4.78 is 66.6. The number of halogens is 3. The molecule has 0 fully saturated rings. The molecule has 0 aliphatic rings. The Morgan fingerprint density at radius 3 is 2.37 bits per heavy atom. The topological polar surface area (TPSA) is 120 Å². The first-order valence-electron chi connectivity index (χ1n) is 8.00. The fourth-order valence-corrected chi connectivity index (χ4v) is 4.32. The highest BCUT2D eigenvalue weighted by atomic mass is 32.2. The molecule has 1 heterocycles. The van der Waals surface area contributed by atoms with Gasteiger partial charge in [-0.1, -0.05) is 18.2 Å². The molecular weight excluding hydrogens is 447 g/mol. The molecule has 158 valence electrons. The molecule has 0 saturated heterocycles. The van der Waals surface area contributed by atoms with Gasteiger partial charge in [0.25, 0.3) is 15.7 Å². The van der Waals surface area contributed by atoms with Crippen molar-refractivity contribution >= 4 is 33.2 Å². The van der Waals surface area contributed by atoms with E-state index in [-0.39, 0.29) is 20.6 Å². The van der Waals surface area contributed by atoms with Gasteiger partial charge in [0.2, 0.25) is 5.82 Å². The molecule has 0 amide bonds. The first kappa shape index (κ1) is 21.6. The van der Waals surface area contributed by atoms with Gasteiger partial charge in [0, 0.05) is 18.8 Å². The largest absolute Gasteiger partial charge is 0.451 e. The molecule has 0 aliphatic carbocycles. The number of anilines is 1. The molecule has 0 spiro atoms. The Labute approximate surface area is 172 Å². The number of nitrogens with zero attached hydrogens (tertiary/aromatic N) is 4. The van der Waals surface area contributed by atoms with Gasteiger partial charge in [-0.3, -0.25) is 14.8 Å². The lowest BCUT2D eigenvalue weighted by molar-refractivity contribution is -0.388. The van der Waals surface area contributed by atoms with E-state index in [9.17, 15) is 31.7 Å². The molecule has 0 unspecified atom stereocenters. The molecule has 1 N–H and O–H groups in total. The van der Waals surface area contributed by atoms with Gasteiger partial charge in [-0.15, -0.1) is 10.2 Å². The van der Waals surface area contributed by atoms with Crippen LogP contribution >= 0.6 is 11.8 Å². The monoisotopic (exact) mass is 459 g/mol. The number of nitro groups is 1. The van der Waals surface area contributed by atoms with Crippen molar-refractivity contribution in [2.45, 2.75) is 21.1 Å². The summed E-state index contributed by atoms with van der Waals surface area (Å²) in [7, 11) is -3.06. The Kier molecular flexibility index (Phi) is 5.72. The minimum Gasteiger partial charge on any atom is -0.301 e. The van der Waals surface area contributed by atoms with Crippen LogP contribution in [0.25, 0.3) is 0 Å². The van der Waals surface area contributed by atoms with Gasteiger partial charge in [0.05, 0.1) is 14.7 Å². The SMILES string of the molecule is Cn1c(Sc2ccc(S(=O)(=O)Nc3ccccc3)cc2[N+](=O)[O-])nnc1C(F)(F)F. The van der Waals surface area contributed by atoms with Crippen LogP contribution < -0.4 is 4.72 Å². The lowest BCUT2D eigenvalue weighted by atomic mass is 10.3. The van der Waals surface area contributed by atoms with Gasteiger partial charge in [0.1, 0.15) is 0 Å². The molecule has 2 aromatic carbocycles. The zero-order chi connectivity index (χ0) is 22.1. The van der Waals surface area contributed by atoms with Crippen molar-refractivity contribution in [3.05, 3.63) is 64.5 Å². The molecule has 30 heavy (non-hydrogen) atoms. The van der Waals surface area contributed by atoms with Crippen molar-refractivity contribution in [3.63, 3.8) is 0 Å². The Balaban J connectivity index is 1.95. The summed E-state index contributed by atoms with van der Waals surface area (Å²) in [4.78, 5) is 10.2. The Morgan fingerprint density at radius 1 is 1.13 bits per heavy atom. The average Bonchev–Trinajstić information content (AvgIpc) is 3.03. The summed E-state index contributed by atoms with van der Waals surface area (Å²) in [6, 6.07) is 11.0. The predicted octanol–water partition coefficient (Wildman–Crippen LogP) is 3.69. The molecule has 9 nitrogen and oxygen atoms in total. The zero-order valence-electron chi connectivity index (χ0n) is 15.0. The van der Waals surface area contributed by atoms with Crippen molar-refractivity contribution < 1.29 is 26.5 Å². The number of hydrogen-bond acceptors (Lipinski definition) is 7. The number of sulfonamides is 1. The Morgan fingerprint density at radius 2 is 1.80 bits per heavy atom. The molecule has 1 aromatic heterocycles. The number of rotatable bonds is 6. The van der Waals surface area contributed by atoms with Gasteiger partial charge in [-0.2, -0.15) is 13.2 Å². The molecule has 0 saturated carbocycles. The summed E-state index contributed by atoms with van der Waals surface area (Å²) in [5.41, 5.74) is -0.343. The number of nitrogens with one attached hydrogen (secondary N) is 1. The quantitative estimate of drug-likeness (QED) is 0.441. The minimum atomic E-state index is -4.74. The maximum Gasteiger partial charge on any atom is 0.451 e. The van der Waals surface area contributed by atoms with Crippen LogP contribution in [-0.4, -0.2) is 28.1 Å². The molecule has 0 atom stereocenters. The fourth-order valence-electron chi connectivity index (χ4n) is 2.36. The van der Waals surface area contributed by atoms with E-state index in [1.807, 2.05) is 0 Å². The van der Waals surface area contributed by atoms with Crippen LogP contribution in [0.3, 0.4) is 0 Å². The van der Waals surface area contributed by atoms with Gasteiger partial charge in [-0.05, 0) is 36.0 Å². The van der Waals surface area contributed by atoms with E-state index in [4.69, 9.17) is 0 Å². The lowest BCUT2D eigenvalue weighted by Gasteiger charge is -2.09. The maximum atomic E-state index is 12.9. The minimum absolute atomic E-state index is 0.0946. The van der Waals surface area contributed by atoms with Crippen LogP contribution in [0.15, 0.2) is 63.5 Å². The second-order valence-corrected chi connectivity index (χ2v) is 8.51. The number of alkyl halides is 3. The maximum absolute atomic E-state index is 12.9. The predicted molar refractivity (Wildman–Crippen MR) is 100 cm³/mol. The van der Waals surface area contributed by atoms with Crippen LogP contribution in [-0.2, 0) is 23.2 Å². The van der Waals surface area contributed by atoms with Crippen molar-refractivity contribution in [1.29, 1.82) is 0 Å². The number of hydrogen-bond donors (Lipinski definition) is 1. The van der Waals surface area contributed by atoms with Gasteiger partial charge >= 0.3 is 6.18 Å². The first-order chi connectivity index (χ1) is 14.0. The van der Waals surface area contributed by atoms with E-state index in [2.05, 4.69) is 14.9 Å². The summed E-state index contributed by atoms with van der Waals surface area (Å²) in [5.74, 6) is -1.26. The van der Waals surface area contributed by atoms with Crippen molar-refractivity contribution in [2.75, 3.05) is 4.72 Å². The normalized spacial score (nSPS) is 12.0. The highest BCUT2D eigenvalue weighted by Crippen LogP contribution is 2.37. The Hall–Kier alpha value is -3.13. The molecule has 14 heteroatoms. The molecule has 3 rings (SSSR count). The third-order valence-corrected chi connectivity index (χ3v) is 6.24. The van der Waals surface area contributed by atoms with Gasteiger partial charge in [-0.25, -0.2) is 8.42 Å². The molecular formula is C16H12F3N5O4S2. The van der Waals surface area contributed by atoms with E-state index < -0.39 is 32.6 Å². The van der Waals surface area contributed by atoms with E-state index in [1.54, 1.807) is 18.2 Å². The second kappa shape index (κ2) is 7.95.